The van der Waals surface area contributed by atoms with E-state index in [0.717, 1.165) is 0 Å². The van der Waals surface area contributed by atoms with Gasteiger partial charge in [0.25, 0.3) is 12.0 Å². The summed E-state index contributed by atoms with van der Waals surface area (Å²) in [6.07, 6.45) is -15.6. The zero-order valence-corrected chi connectivity index (χ0v) is 15.7. The summed E-state index contributed by atoms with van der Waals surface area (Å²) in [6.45, 7) is 0. The van der Waals surface area contributed by atoms with Crippen molar-refractivity contribution in [2.45, 2.75) is 37.0 Å². The van der Waals surface area contributed by atoms with Gasteiger partial charge in [0.15, 0.2) is 0 Å². The summed E-state index contributed by atoms with van der Waals surface area (Å²) in [4.78, 5) is 0. The molecule has 0 aliphatic carbocycles. The van der Waals surface area contributed by atoms with E-state index in [0.29, 0.717) is 0 Å². The Morgan fingerprint density at radius 2 is 0.852 bits per heavy atom. The smallest absolute Gasteiger partial charge is 0.404 e. The van der Waals surface area contributed by atoms with Gasteiger partial charge in [-0.3, -0.25) is 0 Å². The molecule has 0 aliphatic heterocycles. The van der Waals surface area contributed by atoms with Crippen LogP contribution in [-0.2, 0) is 4.74 Å². The Bertz CT molecular complexity index is 526. The molecule has 0 aromatic rings. The summed E-state index contributed by atoms with van der Waals surface area (Å²) < 4.78 is 158. The molecule has 0 unspecified atom stereocenters. The van der Waals surface area contributed by atoms with Crippen molar-refractivity contribution < 1.29 is 57.4 Å². The van der Waals surface area contributed by atoms with Gasteiger partial charge in [-0.05, 0) is 12.8 Å². The van der Waals surface area contributed by atoms with Crippen LogP contribution in [0.5, 0.6) is 0 Å². The first-order valence-corrected chi connectivity index (χ1v) is 8.66. The number of alkyl halides is 12. The molecule has 15 heteroatoms. The van der Waals surface area contributed by atoms with Gasteiger partial charge in [-0.1, -0.05) is 31.9 Å². The van der Waals surface area contributed by atoms with Gasteiger partial charge in [-0.25, -0.2) is 0 Å². The second-order valence-electron chi connectivity index (χ2n) is 4.63. The predicted octanol–water partition coefficient (Wildman–Crippen LogP) is 7.33. The molecule has 0 spiro atoms. The second-order valence-corrected chi connectivity index (χ2v) is 6.21. The molecule has 1 nitrogen and oxygen atoms in total. The largest absolute Gasteiger partial charge is 0.457 e. The van der Waals surface area contributed by atoms with E-state index in [2.05, 4.69) is 36.6 Å². The third kappa shape index (κ3) is 6.19. The summed E-state index contributed by atoms with van der Waals surface area (Å²) in [5, 5.41) is -1.44. The molecule has 0 saturated heterocycles. The van der Waals surface area contributed by atoms with E-state index < -0.39 is 70.9 Å². The minimum absolute atomic E-state index is 0.719. The second kappa shape index (κ2) is 9.27. The molecular formula is C12H8Br2F12O. The maximum absolute atomic E-state index is 13.7. The summed E-state index contributed by atoms with van der Waals surface area (Å²) >= 11 is 4.84. The highest BCUT2D eigenvalue weighted by Gasteiger charge is 2.62. The van der Waals surface area contributed by atoms with Crippen molar-refractivity contribution in [1.29, 1.82) is 0 Å². The fraction of sp³-hybridized carbons (Fsp3) is 0.667. The average Bonchev–Trinajstić information content (AvgIpc) is 2.47. The van der Waals surface area contributed by atoms with Crippen molar-refractivity contribution in [2.75, 3.05) is 10.7 Å². The van der Waals surface area contributed by atoms with Gasteiger partial charge in [0.05, 0.1) is 11.1 Å². The lowest BCUT2D eigenvalue weighted by Gasteiger charge is -2.24. The summed E-state index contributed by atoms with van der Waals surface area (Å²) in [7, 11) is 0. The molecule has 0 rings (SSSR count). The highest BCUT2D eigenvalue weighted by molar-refractivity contribution is 9.09. The van der Waals surface area contributed by atoms with Crippen molar-refractivity contribution in [3.8, 4) is 0 Å². The highest BCUT2D eigenvalue weighted by atomic mass is 79.9. The van der Waals surface area contributed by atoms with Crippen LogP contribution in [0.2, 0.25) is 0 Å². The summed E-state index contributed by atoms with van der Waals surface area (Å²) in [5.41, 5.74) is -4.98. The SMILES string of the molecule is FC(OC(F)=C(CCBr)C(F)(F)C(F)(F)F)=C(CCBr)C(F)(F)C(F)(F)F. The van der Waals surface area contributed by atoms with E-state index in [1.165, 1.54) is 0 Å². The Morgan fingerprint density at radius 3 is 1.04 bits per heavy atom. The molecule has 0 bridgehead atoms. The topological polar surface area (TPSA) is 9.23 Å². The molecule has 0 amide bonds. The van der Waals surface area contributed by atoms with Crippen LogP contribution in [0.15, 0.2) is 23.2 Å². The maximum atomic E-state index is 13.7. The van der Waals surface area contributed by atoms with Gasteiger partial charge in [0, 0.05) is 10.7 Å². The average molecular weight is 556 g/mol. The lowest BCUT2D eigenvalue weighted by Crippen LogP contribution is -2.40. The van der Waals surface area contributed by atoms with E-state index in [9.17, 15) is 52.7 Å². The minimum atomic E-state index is -6.36. The van der Waals surface area contributed by atoms with Crippen LogP contribution in [0.4, 0.5) is 52.7 Å². The number of allylic oxidation sites excluding steroid dienone is 2. The number of ether oxygens (including phenoxy) is 1. The van der Waals surface area contributed by atoms with E-state index in [1.54, 1.807) is 0 Å². The summed E-state index contributed by atoms with van der Waals surface area (Å²) in [6, 6.07) is -5.97. The van der Waals surface area contributed by atoms with Crippen LogP contribution in [0.1, 0.15) is 12.8 Å². The van der Waals surface area contributed by atoms with Crippen LogP contribution in [0.25, 0.3) is 0 Å². The first-order valence-electron chi connectivity index (χ1n) is 6.42. The molecule has 160 valence electrons. The first-order chi connectivity index (χ1) is 11.9. The first kappa shape index (κ1) is 26.4. The molecular weight excluding hydrogens is 548 g/mol. The molecule has 0 radical (unpaired) electrons. The van der Waals surface area contributed by atoms with Crippen molar-refractivity contribution in [3.63, 3.8) is 0 Å². The number of hydrogen-bond acceptors (Lipinski definition) is 1. The number of rotatable bonds is 8. The molecule has 27 heavy (non-hydrogen) atoms. The van der Waals surface area contributed by atoms with Crippen LogP contribution in [-0.4, -0.2) is 34.9 Å². The molecule has 0 saturated carbocycles. The Labute approximate surface area is 160 Å². The molecule has 0 fully saturated rings. The van der Waals surface area contributed by atoms with Crippen LogP contribution in [0.3, 0.4) is 0 Å². The van der Waals surface area contributed by atoms with Gasteiger partial charge >= 0.3 is 24.2 Å². The predicted molar refractivity (Wildman–Crippen MR) is 76.2 cm³/mol. The molecule has 0 aromatic carbocycles. The van der Waals surface area contributed by atoms with Crippen LogP contribution >= 0.6 is 31.9 Å². The van der Waals surface area contributed by atoms with E-state index in [-0.39, 0.29) is 0 Å². The van der Waals surface area contributed by atoms with Crippen molar-refractivity contribution in [3.05, 3.63) is 23.2 Å². The number of hydrogen-bond donors (Lipinski definition) is 0. The van der Waals surface area contributed by atoms with Gasteiger partial charge in [-0.15, -0.1) is 0 Å². The molecule has 0 N–H and O–H groups in total. The zero-order valence-electron chi connectivity index (χ0n) is 12.5. The monoisotopic (exact) mass is 554 g/mol. The Morgan fingerprint density at radius 1 is 0.593 bits per heavy atom. The molecule has 0 atom stereocenters. The quantitative estimate of drug-likeness (QED) is 0.173. The van der Waals surface area contributed by atoms with Crippen molar-refractivity contribution in [1.82, 2.24) is 0 Å². The Kier molecular flexibility index (Phi) is 9.06. The van der Waals surface area contributed by atoms with E-state index in [4.69, 9.17) is 0 Å². The van der Waals surface area contributed by atoms with Gasteiger partial charge in [0.2, 0.25) is 0 Å². The van der Waals surface area contributed by atoms with Crippen LogP contribution in [0, 0.1) is 0 Å². The normalized spacial score (nSPS) is 16.1. The lowest BCUT2D eigenvalue weighted by molar-refractivity contribution is -0.267. The molecule has 0 aromatic heterocycles. The summed E-state index contributed by atoms with van der Waals surface area (Å²) in [5.74, 6) is -11.8. The van der Waals surface area contributed by atoms with E-state index >= 15 is 0 Å². The lowest BCUT2D eigenvalue weighted by atomic mass is 10.1. The Hall–Kier alpha value is -0.600. The zero-order chi connectivity index (χ0) is 21.8. The van der Waals surface area contributed by atoms with E-state index in [1.807, 2.05) is 0 Å². The van der Waals surface area contributed by atoms with Gasteiger partial charge < -0.3 is 4.74 Å². The Balaban J connectivity index is 6.29. The van der Waals surface area contributed by atoms with Gasteiger partial charge in [0.1, 0.15) is 0 Å². The van der Waals surface area contributed by atoms with Crippen LogP contribution < -0.4 is 0 Å². The third-order valence-electron chi connectivity index (χ3n) is 2.81. The fourth-order valence-electron chi connectivity index (χ4n) is 1.49. The molecule has 0 heterocycles. The van der Waals surface area contributed by atoms with Crippen molar-refractivity contribution >= 4 is 31.9 Å². The van der Waals surface area contributed by atoms with Crippen molar-refractivity contribution in [2.24, 2.45) is 0 Å². The molecule has 0 aliphatic rings. The third-order valence-corrected chi connectivity index (χ3v) is 3.61. The fourth-order valence-corrected chi connectivity index (χ4v) is 2.28. The van der Waals surface area contributed by atoms with Gasteiger partial charge in [-0.2, -0.15) is 52.7 Å². The number of halogens is 14. The highest BCUT2D eigenvalue weighted by Crippen LogP contribution is 2.46. The standard InChI is InChI=1S/C12H8Br2F12O/c13-3-1-5(9(17,18)11(21,22)23)7(15)27-8(16)6(2-4-14)10(19,20)12(24,25)26/h1-4H2. The minimum Gasteiger partial charge on any atom is -0.404 e. The maximum Gasteiger partial charge on any atom is 0.457 e.